The average molecular weight is 352 g/mol. The van der Waals surface area contributed by atoms with Gasteiger partial charge in [0.15, 0.2) is 12.4 Å². The number of ether oxygens (including phenoxy) is 1. The fraction of sp³-hybridized carbons (Fsp3) is 0.412. The molecule has 0 fully saturated rings. The molecule has 1 aliphatic carbocycles. The minimum Gasteiger partial charge on any atom is -1.00 e. The third-order valence-electron chi connectivity index (χ3n) is 3.71. The number of rotatable bonds is 5. The summed E-state index contributed by atoms with van der Waals surface area (Å²) < 4.78 is 7.14. The van der Waals surface area contributed by atoms with Crippen LogP contribution in [0.3, 0.4) is 0 Å². The number of halogens is 1. The first-order chi connectivity index (χ1) is 9.65. The normalized spacial score (nSPS) is 17.4. The van der Waals surface area contributed by atoms with E-state index in [1.54, 1.807) is 0 Å². The lowest BCUT2D eigenvalue weighted by atomic mass is 9.86. The molecule has 21 heavy (non-hydrogen) atoms. The molecule has 0 spiro atoms. The van der Waals surface area contributed by atoms with Crippen molar-refractivity contribution in [2.24, 2.45) is 5.92 Å². The van der Waals surface area contributed by atoms with Crippen molar-refractivity contribution in [3.63, 3.8) is 0 Å². The summed E-state index contributed by atoms with van der Waals surface area (Å²) >= 11 is 0. The molecule has 0 unspecified atom stereocenters. The predicted molar refractivity (Wildman–Crippen MR) is 77.8 cm³/mol. The molecule has 1 aromatic rings. The van der Waals surface area contributed by atoms with Gasteiger partial charge in [-0.15, -0.1) is 0 Å². The van der Waals surface area contributed by atoms with Crippen molar-refractivity contribution in [2.75, 3.05) is 6.61 Å². The van der Waals surface area contributed by atoms with Crippen LogP contribution in [0.1, 0.15) is 26.2 Å². The number of allylic oxidation sites excluding steroid dienone is 2. The second-order valence-corrected chi connectivity index (χ2v) is 5.39. The minimum atomic E-state index is -0.191. The van der Waals surface area contributed by atoms with E-state index in [2.05, 4.69) is 19.6 Å². The number of carbonyl (C=O) groups excluding carboxylic acids is 1. The Balaban J connectivity index is 0.00000220. The van der Waals surface area contributed by atoms with Gasteiger partial charge >= 0.3 is 5.97 Å². The summed E-state index contributed by atoms with van der Waals surface area (Å²) in [5.74, 6) is 0.401. The zero-order valence-corrected chi connectivity index (χ0v) is 14.0. The highest BCUT2D eigenvalue weighted by Crippen LogP contribution is 2.28. The van der Waals surface area contributed by atoms with Gasteiger partial charge in [-0.1, -0.05) is 24.3 Å². The van der Waals surface area contributed by atoms with Crippen LogP contribution in [-0.4, -0.2) is 12.6 Å². The maximum absolute atomic E-state index is 11.7. The van der Waals surface area contributed by atoms with Gasteiger partial charge in [0.2, 0.25) is 6.54 Å². The second-order valence-electron chi connectivity index (χ2n) is 5.39. The number of pyridine rings is 1. The van der Waals surface area contributed by atoms with Crippen LogP contribution < -0.4 is 21.5 Å². The standard InChI is InChI=1S/C17H22NO2.BrH/c1-14(2)16-8-6-15(7-9-16)13-20-17(19)12-18-10-4-3-5-11-18;/h3-6,10-11,16H,1,7-9,12-13H2,2H3;1H/q+1;/p-1/t16-;/m1./s1. The molecule has 0 saturated heterocycles. The van der Waals surface area contributed by atoms with Crippen LogP contribution in [0.2, 0.25) is 0 Å². The van der Waals surface area contributed by atoms with E-state index in [9.17, 15) is 4.79 Å². The molecule has 0 amide bonds. The molecule has 114 valence electrons. The highest BCUT2D eigenvalue weighted by atomic mass is 79.9. The largest absolute Gasteiger partial charge is 1.00 e. The smallest absolute Gasteiger partial charge is 0.372 e. The van der Waals surface area contributed by atoms with Crippen molar-refractivity contribution in [1.82, 2.24) is 0 Å². The van der Waals surface area contributed by atoms with Crippen LogP contribution in [0.5, 0.6) is 0 Å². The molecule has 4 heteroatoms. The van der Waals surface area contributed by atoms with Gasteiger partial charge in [-0.3, -0.25) is 0 Å². The van der Waals surface area contributed by atoms with Gasteiger partial charge in [0.05, 0.1) is 0 Å². The zero-order chi connectivity index (χ0) is 14.4. The van der Waals surface area contributed by atoms with Gasteiger partial charge < -0.3 is 21.7 Å². The highest BCUT2D eigenvalue weighted by Gasteiger charge is 2.16. The van der Waals surface area contributed by atoms with Crippen LogP contribution in [0.4, 0.5) is 0 Å². The van der Waals surface area contributed by atoms with Crippen LogP contribution in [0.25, 0.3) is 0 Å². The van der Waals surface area contributed by atoms with Gasteiger partial charge in [0, 0.05) is 12.1 Å². The Hall–Kier alpha value is -1.42. The van der Waals surface area contributed by atoms with Gasteiger partial charge in [-0.25, -0.2) is 4.79 Å². The van der Waals surface area contributed by atoms with Gasteiger partial charge in [0.1, 0.15) is 6.61 Å². The Morgan fingerprint density at radius 1 is 1.38 bits per heavy atom. The Bertz CT molecular complexity index is 511. The van der Waals surface area contributed by atoms with E-state index in [1.165, 1.54) is 11.1 Å². The monoisotopic (exact) mass is 351 g/mol. The fourth-order valence-corrected chi connectivity index (χ4v) is 2.37. The molecule has 3 nitrogen and oxygen atoms in total. The fourth-order valence-electron chi connectivity index (χ4n) is 2.37. The predicted octanol–water partition coefficient (Wildman–Crippen LogP) is -0.176. The summed E-state index contributed by atoms with van der Waals surface area (Å²) in [6.07, 6.45) is 9.06. The average Bonchev–Trinajstić information content (AvgIpc) is 2.46. The summed E-state index contributed by atoms with van der Waals surface area (Å²) in [7, 11) is 0. The van der Waals surface area contributed by atoms with Crippen molar-refractivity contribution in [3.05, 3.63) is 54.4 Å². The lowest BCUT2D eigenvalue weighted by Gasteiger charge is -2.21. The Morgan fingerprint density at radius 2 is 2.10 bits per heavy atom. The van der Waals surface area contributed by atoms with Crippen molar-refractivity contribution >= 4 is 5.97 Å². The molecular weight excluding hydrogens is 330 g/mol. The maximum atomic E-state index is 11.7. The summed E-state index contributed by atoms with van der Waals surface area (Å²) in [6, 6.07) is 5.72. The summed E-state index contributed by atoms with van der Waals surface area (Å²) in [5.41, 5.74) is 2.48. The number of aromatic nitrogens is 1. The van der Waals surface area contributed by atoms with Crippen LogP contribution >= 0.6 is 0 Å². The van der Waals surface area contributed by atoms with E-state index in [0.29, 0.717) is 12.5 Å². The lowest BCUT2D eigenvalue weighted by molar-refractivity contribution is -0.686. The quantitative estimate of drug-likeness (QED) is 0.418. The molecule has 1 aliphatic rings. The lowest BCUT2D eigenvalue weighted by Crippen LogP contribution is -3.00. The topological polar surface area (TPSA) is 30.2 Å². The summed E-state index contributed by atoms with van der Waals surface area (Å²) in [6.45, 7) is 6.78. The maximum Gasteiger partial charge on any atom is 0.372 e. The van der Waals surface area contributed by atoms with E-state index >= 15 is 0 Å². The van der Waals surface area contributed by atoms with Crippen molar-refractivity contribution in [1.29, 1.82) is 0 Å². The number of carbonyl (C=O) groups is 1. The van der Waals surface area contributed by atoms with Crippen molar-refractivity contribution in [3.8, 4) is 0 Å². The Morgan fingerprint density at radius 3 is 2.67 bits per heavy atom. The number of esters is 1. The Kier molecular flexibility index (Phi) is 7.37. The molecule has 1 atom stereocenters. The van der Waals surface area contributed by atoms with Gasteiger partial charge in [0.25, 0.3) is 0 Å². The Labute approximate surface area is 137 Å². The molecule has 0 radical (unpaired) electrons. The van der Waals surface area contributed by atoms with E-state index in [1.807, 2.05) is 35.2 Å². The first-order valence-corrected chi connectivity index (χ1v) is 7.08. The molecule has 0 aliphatic heterocycles. The van der Waals surface area contributed by atoms with Crippen LogP contribution in [0, 0.1) is 5.92 Å². The number of hydrogen-bond acceptors (Lipinski definition) is 2. The zero-order valence-electron chi connectivity index (χ0n) is 12.4. The van der Waals surface area contributed by atoms with Gasteiger partial charge in [-0.2, -0.15) is 4.57 Å². The van der Waals surface area contributed by atoms with Crippen molar-refractivity contribution in [2.45, 2.75) is 32.7 Å². The molecular formula is C17H22BrNO2. The molecule has 0 aromatic carbocycles. The van der Waals surface area contributed by atoms with Gasteiger partial charge in [-0.05, 0) is 37.7 Å². The molecule has 1 aromatic heterocycles. The molecule has 0 bridgehead atoms. The molecule has 1 heterocycles. The van der Waals surface area contributed by atoms with E-state index in [4.69, 9.17) is 4.74 Å². The molecule has 0 saturated carbocycles. The molecule has 0 N–H and O–H groups in total. The van der Waals surface area contributed by atoms with Crippen LogP contribution in [0.15, 0.2) is 54.4 Å². The van der Waals surface area contributed by atoms with E-state index in [0.717, 1.165) is 19.3 Å². The number of hydrogen-bond donors (Lipinski definition) is 0. The molecule has 2 rings (SSSR count). The third-order valence-corrected chi connectivity index (χ3v) is 3.71. The first-order valence-electron chi connectivity index (χ1n) is 7.08. The number of nitrogens with zero attached hydrogens (tertiary/aromatic N) is 1. The first kappa shape index (κ1) is 17.6. The summed E-state index contributed by atoms with van der Waals surface area (Å²) in [5, 5.41) is 0. The second kappa shape index (κ2) is 8.78. The van der Waals surface area contributed by atoms with Crippen molar-refractivity contribution < 1.29 is 31.1 Å². The minimum absolute atomic E-state index is 0. The third kappa shape index (κ3) is 5.84. The summed E-state index contributed by atoms with van der Waals surface area (Å²) in [4.78, 5) is 11.7. The van der Waals surface area contributed by atoms with E-state index < -0.39 is 0 Å². The highest BCUT2D eigenvalue weighted by molar-refractivity contribution is 5.67. The van der Waals surface area contributed by atoms with Crippen LogP contribution in [-0.2, 0) is 16.1 Å². The van der Waals surface area contributed by atoms with E-state index in [-0.39, 0.29) is 29.5 Å². The SMILES string of the molecule is C=C(C)[C@@H]1CC=C(COC(=O)C[n+]2ccccc2)CC1.[Br-].